The topological polar surface area (TPSA) is 47.0 Å². The first-order valence-corrected chi connectivity index (χ1v) is 5.86. The van der Waals surface area contributed by atoms with Crippen molar-refractivity contribution in [1.82, 2.24) is 14.7 Å². The van der Waals surface area contributed by atoms with Crippen molar-refractivity contribution in [1.29, 1.82) is 0 Å². The van der Waals surface area contributed by atoms with E-state index in [0.29, 0.717) is 6.10 Å². The van der Waals surface area contributed by atoms with Crippen LogP contribution in [0.25, 0.3) is 0 Å². The summed E-state index contributed by atoms with van der Waals surface area (Å²) in [5.41, 5.74) is 0. The molecule has 0 spiro atoms. The van der Waals surface area contributed by atoms with Gasteiger partial charge >= 0.3 is 0 Å². The van der Waals surface area contributed by atoms with Crippen molar-refractivity contribution >= 4 is 11.5 Å². The minimum absolute atomic E-state index is 0.328. The highest BCUT2D eigenvalue weighted by Crippen LogP contribution is 2.18. The maximum atomic E-state index is 5.74. The predicted molar refractivity (Wildman–Crippen MR) is 55.8 cm³/mol. The summed E-state index contributed by atoms with van der Waals surface area (Å²) in [5.74, 6) is 0.888. The maximum absolute atomic E-state index is 5.74. The fourth-order valence-electron chi connectivity index (χ4n) is 1.49. The number of ether oxygens (including phenoxy) is 1. The molecular formula is C9H15N3OS. The van der Waals surface area contributed by atoms with Crippen LogP contribution >= 0.6 is 11.5 Å². The standard InChI is InChI=1S/C9H15N3OS/c1-2-8-11-9(14-12-8)13-7-3-5-10-6-4-7/h7,10H,2-6H2,1H3. The molecule has 1 fully saturated rings. The van der Waals surface area contributed by atoms with Crippen LogP contribution in [-0.4, -0.2) is 28.6 Å². The number of hydrogen-bond donors (Lipinski definition) is 1. The third kappa shape index (κ3) is 2.42. The van der Waals surface area contributed by atoms with Gasteiger partial charge in [0, 0.05) is 18.0 Å². The number of aryl methyl sites for hydroxylation is 1. The molecule has 4 nitrogen and oxygen atoms in total. The van der Waals surface area contributed by atoms with E-state index in [9.17, 15) is 0 Å². The van der Waals surface area contributed by atoms with Gasteiger partial charge in [-0.15, -0.1) is 0 Å². The van der Waals surface area contributed by atoms with Gasteiger partial charge in [-0.3, -0.25) is 0 Å². The van der Waals surface area contributed by atoms with Crippen LogP contribution in [0.2, 0.25) is 0 Å². The van der Waals surface area contributed by atoms with Gasteiger partial charge in [-0.25, -0.2) is 0 Å². The Morgan fingerprint density at radius 1 is 1.50 bits per heavy atom. The van der Waals surface area contributed by atoms with E-state index in [1.807, 2.05) is 0 Å². The second-order valence-corrected chi connectivity index (χ2v) is 4.11. The zero-order valence-corrected chi connectivity index (χ0v) is 9.14. The van der Waals surface area contributed by atoms with Gasteiger partial charge in [-0.1, -0.05) is 6.92 Å². The van der Waals surface area contributed by atoms with Crippen molar-refractivity contribution in [2.24, 2.45) is 0 Å². The van der Waals surface area contributed by atoms with Crippen LogP contribution < -0.4 is 10.1 Å². The predicted octanol–water partition coefficient (Wildman–Crippen LogP) is 1.23. The molecule has 78 valence electrons. The number of aromatic nitrogens is 2. The molecule has 1 aliphatic heterocycles. The van der Waals surface area contributed by atoms with Crippen LogP contribution in [0.15, 0.2) is 0 Å². The van der Waals surface area contributed by atoms with Gasteiger partial charge in [0.25, 0.3) is 5.19 Å². The molecule has 0 aromatic carbocycles. The Labute approximate surface area is 87.9 Å². The van der Waals surface area contributed by atoms with E-state index >= 15 is 0 Å². The molecule has 1 aliphatic rings. The second-order valence-electron chi connectivity index (χ2n) is 3.40. The molecule has 2 heterocycles. The van der Waals surface area contributed by atoms with Crippen molar-refractivity contribution in [2.45, 2.75) is 32.3 Å². The lowest BCUT2D eigenvalue weighted by Gasteiger charge is -2.21. The van der Waals surface area contributed by atoms with Crippen molar-refractivity contribution in [3.63, 3.8) is 0 Å². The molecule has 14 heavy (non-hydrogen) atoms. The Hall–Kier alpha value is -0.680. The van der Waals surface area contributed by atoms with E-state index < -0.39 is 0 Å². The smallest absolute Gasteiger partial charge is 0.293 e. The number of nitrogens with zero attached hydrogens (tertiary/aromatic N) is 2. The highest BCUT2D eigenvalue weighted by Gasteiger charge is 2.16. The van der Waals surface area contributed by atoms with Crippen molar-refractivity contribution in [3.8, 4) is 5.19 Å². The quantitative estimate of drug-likeness (QED) is 0.820. The molecule has 2 rings (SSSR count). The Morgan fingerprint density at radius 3 is 2.93 bits per heavy atom. The molecule has 1 aromatic rings. The minimum Gasteiger partial charge on any atom is -0.466 e. The lowest BCUT2D eigenvalue weighted by molar-refractivity contribution is 0.161. The number of nitrogens with one attached hydrogen (secondary N) is 1. The Morgan fingerprint density at radius 2 is 2.29 bits per heavy atom. The molecule has 0 bridgehead atoms. The Balaban J connectivity index is 1.89. The van der Waals surface area contributed by atoms with Crippen LogP contribution in [0, 0.1) is 0 Å². The molecule has 0 atom stereocenters. The summed E-state index contributed by atoms with van der Waals surface area (Å²) in [5, 5.41) is 4.03. The van der Waals surface area contributed by atoms with Gasteiger partial charge in [-0.2, -0.15) is 9.36 Å². The summed E-state index contributed by atoms with van der Waals surface area (Å²) in [7, 11) is 0. The van der Waals surface area contributed by atoms with Gasteiger partial charge in [0.15, 0.2) is 0 Å². The summed E-state index contributed by atoms with van der Waals surface area (Å²) in [6.07, 6.45) is 3.35. The van der Waals surface area contributed by atoms with E-state index in [0.717, 1.165) is 43.4 Å². The minimum atomic E-state index is 0.328. The SMILES string of the molecule is CCc1nsc(OC2CCNCC2)n1. The van der Waals surface area contributed by atoms with Crippen LogP contribution in [-0.2, 0) is 6.42 Å². The Bertz CT molecular complexity index is 283. The third-order valence-corrected chi connectivity index (χ3v) is 2.97. The van der Waals surface area contributed by atoms with Crippen molar-refractivity contribution < 1.29 is 4.74 Å². The lowest BCUT2D eigenvalue weighted by atomic mass is 10.1. The number of piperidine rings is 1. The number of hydrogen-bond acceptors (Lipinski definition) is 5. The van der Waals surface area contributed by atoms with Gasteiger partial charge in [0.05, 0.1) is 0 Å². The van der Waals surface area contributed by atoms with E-state index in [2.05, 4.69) is 21.6 Å². The second kappa shape index (κ2) is 4.70. The largest absolute Gasteiger partial charge is 0.466 e. The molecule has 0 radical (unpaired) electrons. The zero-order chi connectivity index (χ0) is 9.80. The van der Waals surface area contributed by atoms with Crippen LogP contribution in [0.1, 0.15) is 25.6 Å². The van der Waals surface area contributed by atoms with Crippen molar-refractivity contribution in [2.75, 3.05) is 13.1 Å². The average molecular weight is 213 g/mol. The first-order chi connectivity index (χ1) is 6.88. The average Bonchev–Trinajstić information content (AvgIpc) is 2.67. The molecule has 1 saturated heterocycles. The van der Waals surface area contributed by atoms with E-state index in [4.69, 9.17) is 4.74 Å². The summed E-state index contributed by atoms with van der Waals surface area (Å²) >= 11 is 1.36. The summed E-state index contributed by atoms with van der Waals surface area (Å²) in [6, 6.07) is 0. The first kappa shape index (κ1) is 9.86. The normalized spacial score (nSPS) is 18.4. The summed E-state index contributed by atoms with van der Waals surface area (Å²) in [6.45, 7) is 4.14. The maximum Gasteiger partial charge on any atom is 0.293 e. The molecule has 0 amide bonds. The van der Waals surface area contributed by atoms with E-state index in [1.54, 1.807) is 0 Å². The molecule has 0 saturated carbocycles. The van der Waals surface area contributed by atoms with E-state index in [1.165, 1.54) is 11.5 Å². The van der Waals surface area contributed by atoms with Crippen LogP contribution in [0.4, 0.5) is 0 Å². The Kier molecular flexibility index (Phi) is 3.31. The van der Waals surface area contributed by atoms with Gasteiger partial charge < -0.3 is 10.1 Å². The van der Waals surface area contributed by atoms with Crippen LogP contribution in [0.5, 0.6) is 5.19 Å². The summed E-state index contributed by atoms with van der Waals surface area (Å²) in [4.78, 5) is 4.29. The third-order valence-electron chi connectivity index (χ3n) is 2.32. The molecular weight excluding hydrogens is 198 g/mol. The fourth-order valence-corrected chi connectivity index (χ4v) is 2.16. The van der Waals surface area contributed by atoms with Crippen molar-refractivity contribution in [3.05, 3.63) is 5.82 Å². The van der Waals surface area contributed by atoms with Gasteiger partial charge in [-0.05, 0) is 25.9 Å². The highest BCUT2D eigenvalue weighted by atomic mass is 32.1. The highest BCUT2D eigenvalue weighted by molar-refractivity contribution is 7.07. The van der Waals surface area contributed by atoms with E-state index in [-0.39, 0.29) is 0 Å². The van der Waals surface area contributed by atoms with Gasteiger partial charge in [0.1, 0.15) is 11.9 Å². The molecule has 1 aromatic heterocycles. The van der Waals surface area contributed by atoms with Gasteiger partial charge in [0.2, 0.25) is 0 Å². The first-order valence-electron chi connectivity index (χ1n) is 5.08. The fraction of sp³-hybridized carbons (Fsp3) is 0.778. The van der Waals surface area contributed by atoms with Crippen LogP contribution in [0.3, 0.4) is 0 Å². The number of rotatable bonds is 3. The molecule has 0 unspecified atom stereocenters. The lowest BCUT2D eigenvalue weighted by Crippen LogP contribution is -2.34. The molecule has 0 aliphatic carbocycles. The molecule has 5 heteroatoms. The zero-order valence-electron chi connectivity index (χ0n) is 8.32. The monoisotopic (exact) mass is 213 g/mol. The summed E-state index contributed by atoms with van der Waals surface area (Å²) < 4.78 is 9.93. The molecule has 1 N–H and O–H groups in total.